The van der Waals surface area contributed by atoms with E-state index >= 15 is 0 Å². The van der Waals surface area contributed by atoms with Gasteiger partial charge in [-0.15, -0.1) is 0 Å². The van der Waals surface area contributed by atoms with Crippen molar-refractivity contribution in [3.05, 3.63) is 35.4 Å². The van der Waals surface area contributed by atoms with Crippen LogP contribution in [-0.4, -0.2) is 53.5 Å². The van der Waals surface area contributed by atoms with E-state index in [2.05, 4.69) is 0 Å². The van der Waals surface area contributed by atoms with E-state index in [1.165, 1.54) is 11.0 Å². The van der Waals surface area contributed by atoms with Crippen molar-refractivity contribution in [2.75, 3.05) is 26.7 Å². The molecule has 2 atom stereocenters. The largest absolute Gasteiger partial charge is 0.481 e. The van der Waals surface area contributed by atoms with Crippen LogP contribution in [0, 0.1) is 17.6 Å². The molecule has 132 valence electrons. The van der Waals surface area contributed by atoms with Gasteiger partial charge in [0.15, 0.2) is 11.6 Å². The fourth-order valence-corrected chi connectivity index (χ4v) is 2.92. The Morgan fingerprint density at radius 1 is 1.38 bits per heavy atom. The number of benzene rings is 1. The molecule has 1 aliphatic heterocycles. The Morgan fingerprint density at radius 2 is 2.08 bits per heavy atom. The minimum Gasteiger partial charge on any atom is -0.481 e. The molecule has 1 fully saturated rings. The fraction of sp³-hybridized carbons (Fsp3) is 0.529. The standard InChI is InChI=1S/C17H22F2N2O3/c1-11(12-5-6-14(18)15(19)8-12)20(2)16(22)10-21-7-3-4-13(9-21)17(23)24/h5-6,8,11,13H,3-4,7,9-10H2,1-2H3,(H,23,24). The number of carbonyl (C=O) groups is 2. The molecule has 0 bridgehead atoms. The molecule has 7 heteroatoms. The molecule has 0 aromatic heterocycles. The topological polar surface area (TPSA) is 60.9 Å². The first kappa shape index (κ1) is 18.3. The highest BCUT2D eigenvalue weighted by atomic mass is 19.2. The number of likely N-dealkylation sites (tertiary alicyclic amines) is 1. The van der Waals surface area contributed by atoms with Crippen molar-refractivity contribution in [1.29, 1.82) is 0 Å². The molecule has 0 saturated carbocycles. The maximum Gasteiger partial charge on any atom is 0.307 e. The van der Waals surface area contributed by atoms with Crippen LogP contribution in [0.5, 0.6) is 0 Å². The van der Waals surface area contributed by atoms with E-state index in [0.717, 1.165) is 18.6 Å². The third-order valence-electron chi connectivity index (χ3n) is 4.61. The van der Waals surface area contributed by atoms with Gasteiger partial charge in [-0.1, -0.05) is 6.07 Å². The summed E-state index contributed by atoms with van der Waals surface area (Å²) in [5.41, 5.74) is 0.506. The lowest BCUT2D eigenvalue weighted by Crippen LogP contribution is -2.45. The van der Waals surface area contributed by atoms with Crippen LogP contribution in [-0.2, 0) is 9.59 Å². The molecule has 0 spiro atoms. The average Bonchev–Trinajstić information content (AvgIpc) is 2.56. The highest BCUT2D eigenvalue weighted by molar-refractivity contribution is 5.78. The Kier molecular flexibility index (Phi) is 5.88. The summed E-state index contributed by atoms with van der Waals surface area (Å²) in [6.07, 6.45) is 1.37. The number of carboxylic acid groups (broad SMARTS) is 1. The fourth-order valence-electron chi connectivity index (χ4n) is 2.92. The number of aliphatic carboxylic acids is 1. The van der Waals surface area contributed by atoms with Crippen LogP contribution in [0.25, 0.3) is 0 Å². The van der Waals surface area contributed by atoms with E-state index < -0.39 is 29.6 Å². The van der Waals surface area contributed by atoms with E-state index in [-0.39, 0.29) is 12.5 Å². The van der Waals surface area contributed by atoms with Gasteiger partial charge in [0.25, 0.3) is 0 Å². The monoisotopic (exact) mass is 340 g/mol. The lowest BCUT2D eigenvalue weighted by molar-refractivity contribution is -0.145. The van der Waals surface area contributed by atoms with Crippen LogP contribution < -0.4 is 0 Å². The normalized spacial score (nSPS) is 19.8. The number of carboxylic acids is 1. The number of hydrogen-bond acceptors (Lipinski definition) is 3. The Labute approximate surface area is 139 Å². The van der Waals surface area contributed by atoms with Gasteiger partial charge in [-0.05, 0) is 44.0 Å². The summed E-state index contributed by atoms with van der Waals surface area (Å²) in [5.74, 6) is -3.33. The summed E-state index contributed by atoms with van der Waals surface area (Å²) in [6.45, 7) is 2.90. The molecule has 1 aromatic carbocycles. The summed E-state index contributed by atoms with van der Waals surface area (Å²) in [7, 11) is 1.60. The lowest BCUT2D eigenvalue weighted by Gasteiger charge is -2.33. The summed E-state index contributed by atoms with van der Waals surface area (Å²) < 4.78 is 26.4. The number of piperidine rings is 1. The van der Waals surface area contributed by atoms with Crippen molar-refractivity contribution in [2.24, 2.45) is 5.92 Å². The van der Waals surface area contributed by atoms with Crippen LogP contribution in [0.15, 0.2) is 18.2 Å². The molecular weight excluding hydrogens is 318 g/mol. The molecule has 5 nitrogen and oxygen atoms in total. The molecule has 0 radical (unpaired) electrons. The third-order valence-corrected chi connectivity index (χ3v) is 4.61. The van der Waals surface area contributed by atoms with Crippen molar-refractivity contribution < 1.29 is 23.5 Å². The molecule has 0 aliphatic carbocycles. The van der Waals surface area contributed by atoms with Crippen LogP contribution >= 0.6 is 0 Å². The van der Waals surface area contributed by atoms with E-state index in [1.54, 1.807) is 14.0 Å². The van der Waals surface area contributed by atoms with Gasteiger partial charge in [-0.2, -0.15) is 0 Å². The first-order chi connectivity index (χ1) is 11.3. The number of halogens is 2. The van der Waals surface area contributed by atoms with Crippen LogP contribution in [0.1, 0.15) is 31.4 Å². The Hall–Kier alpha value is -2.02. The number of amides is 1. The number of carbonyl (C=O) groups excluding carboxylic acids is 1. The number of rotatable bonds is 5. The molecule has 2 unspecified atom stereocenters. The lowest BCUT2D eigenvalue weighted by atomic mass is 9.98. The quantitative estimate of drug-likeness (QED) is 0.893. The maximum absolute atomic E-state index is 13.4. The molecule has 2 rings (SSSR count). The average molecular weight is 340 g/mol. The van der Waals surface area contributed by atoms with Crippen LogP contribution in [0.3, 0.4) is 0 Å². The molecule has 1 N–H and O–H groups in total. The van der Waals surface area contributed by atoms with Gasteiger partial charge >= 0.3 is 5.97 Å². The highest BCUT2D eigenvalue weighted by Gasteiger charge is 2.28. The van der Waals surface area contributed by atoms with Gasteiger partial charge in [0, 0.05) is 13.6 Å². The smallest absolute Gasteiger partial charge is 0.307 e. The molecule has 1 aromatic rings. The molecule has 1 amide bonds. The predicted octanol–water partition coefficient (Wildman–Crippen LogP) is 2.28. The van der Waals surface area contributed by atoms with Gasteiger partial charge in [0.1, 0.15) is 0 Å². The zero-order chi connectivity index (χ0) is 17.9. The van der Waals surface area contributed by atoms with Crippen molar-refractivity contribution in [3.63, 3.8) is 0 Å². The summed E-state index contributed by atoms with van der Waals surface area (Å²) in [5, 5.41) is 9.10. The third kappa shape index (κ3) is 4.29. The van der Waals surface area contributed by atoms with E-state index in [9.17, 15) is 18.4 Å². The van der Waals surface area contributed by atoms with E-state index in [0.29, 0.717) is 25.1 Å². The second-order valence-electron chi connectivity index (χ2n) is 6.27. The molecule has 1 saturated heterocycles. The molecule has 1 heterocycles. The van der Waals surface area contributed by atoms with E-state index in [4.69, 9.17) is 5.11 Å². The number of nitrogens with zero attached hydrogens (tertiary/aromatic N) is 2. The second kappa shape index (κ2) is 7.70. The van der Waals surface area contributed by atoms with Crippen molar-refractivity contribution >= 4 is 11.9 Å². The molecule has 24 heavy (non-hydrogen) atoms. The number of hydrogen-bond donors (Lipinski definition) is 1. The zero-order valence-electron chi connectivity index (χ0n) is 13.8. The Balaban J connectivity index is 1.98. The summed E-state index contributed by atoms with van der Waals surface area (Å²) >= 11 is 0. The second-order valence-corrected chi connectivity index (χ2v) is 6.27. The van der Waals surface area contributed by atoms with E-state index in [1.807, 2.05) is 4.90 Å². The summed E-state index contributed by atoms with van der Waals surface area (Å²) in [6, 6.07) is 3.17. The van der Waals surface area contributed by atoms with Crippen molar-refractivity contribution in [3.8, 4) is 0 Å². The van der Waals surface area contributed by atoms with Crippen LogP contribution in [0.4, 0.5) is 8.78 Å². The maximum atomic E-state index is 13.4. The van der Waals surface area contributed by atoms with Gasteiger partial charge in [0.2, 0.25) is 5.91 Å². The molecule has 1 aliphatic rings. The first-order valence-electron chi connectivity index (χ1n) is 7.95. The van der Waals surface area contributed by atoms with Crippen molar-refractivity contribution in [2.45, 2.75) is 25.8 Å². The zero-order valence-corrected chi connectivity index (χ0v) is 13.8. The Morgan fingerprint density at radius 3 is 2.71 bits per heavy atom. The van der Waals surface area contributed by atoms with Crippen LogP contribution in [0.2, 0.25) is 0 Å². The van der Waals surface area contributed by atoms with Crippen molar-refractivity contribution in [1.82, 2.24) is 9.80 Å². The van der Waals surface area contributed by atoms with Gasteiger partial charge in [-0.3, -0.25) is 14.5 Å². The predicted molar refractivity (Wildman–Crippen MR) is 84.3 cm³/mol. The minimum atomic E-state index is -0.944. The van der Waals surface area contributed by atoms with Gasteiger partial charge < -0.3 is 10.0 Å². The molecular formula is C17H22F2N2O3. The first-order valence-corrected chi connectivity index (χ1v) is 7.95. The highest BCUT2D eigenvalue weighted by Crippen LogP contribution is 2.22. The number of likely N-dealkylation sites (N-methyl/N-ethyl adjacent to an activating group) is 1. The Bertz CT molecular complexity index is 624. The minimum absolute atomic E-state index is 0.119. The SMILES string of the molecule is CC(c1ccc(F)c(F)c1)N(C)C(=O)CN1CCCC(C(=O)O)C1. The summed E-state index contributed by atoms with van der Waals surface area (Å²) in [4.78, 5) is 26.8. The van der Waals surface area contributed by atoms with Gasteiger partial charge in [-0.25, -0.2) is 8.78 Å². The van der Waals surface area contributed by atoms with Gasteiger partial charge in [0.05, 0.1) is 18.5 Å².